The molecule has 6 heteroatoms. The maximum Gasteiger partial charge on any atom is 0.190 e. The predicted octanol–water partition coefficient (Wildman–Crippen LogP) is 5.87. The standard InChI is InChI=1S/C23H18ClN3OS/c24-18-12-10-17(11-13-18)21(28)15-29-23-26-20-9-5-4-8-19(20)22(27-23)25-14-16-6-2-1-3-7-16/h1-13H,14-15H2,(H,25,26,27). The largest absolute Gasteiger partial charge is 0.365 e. The van der Waals surface area contributed by atoms with Crippen LogP contribution in [-0.4, -0.2) is 21.5 Å². The first-order valence-electron chi connectivity index (χ1n) is 9.15. The topological polar surface area (TPSA) is 54.9 Å². The lowest BCUT2D eigenvalue weighted by molar-refractivity contribution is 0.102. The van der Waals surface area contributed by atoms with Crippen molar-refractivity contribution >= 4 is 45.9 Å². The number of Topliss-reactive ketones (excluding diaryl/α,β-unsaturated/α-hetero) is 1. The highest BCUT2D eigenvalue weighted by molar-refractivity contribution is 7.99. The summed E-state index contributed by atoms with van der Waals surface area (Å²) in [6, 6.07) is 24.9. The van der Waals surface area contributed by atoms with Crippen LogP contribution < -0.4 is 5.32 Å². The SMILES string of the molecule is O=C(CSc1nc(NCc2ccccc2)c2ccccc2n1)c1ccc(Cl)cc1. The van der Waals surface area contributed by atoms with Crippen molar-refractivity contribution in [3.05, 3.63) is 95.0 Å². The van der Waals surface area contributed by atoms with Gasteiger partial charge < -0.3 is 5.32 Å². The number of hydrogen-bond acceptors (Lipinski definition) is 5. The quantitative estimate of drug-likeness (QED) is 0.230. The summed E-state index contributed by atoms with van der Waals surface area (Å²) in [7, 11) is 0. The third kappa shape index (κ3) is 4.94. The number of benzene rings is 3. The summed E-state index contributed by atoms with van der Waals surface area (Å²) in [5.74, 6) is 1.04. The fourth-order valence-electron chi connectivity index (χ4n) is 2.89. The van der Waals surface area contributed by atoms with Crippen LogP contribution in [-0.2, 0) is 6.54 Å². The number of carbonyl (C=O) groups is 1. The van der Waals surface area contributed by atoms with Gasteiger partial charge in [0.2, 0.25) is 0 Å². The van der Waals surface area contributed by atoms with Crippen molar-refractivity contribution in [2.45, 2.75) is 11.7 Å². The minimum Gasteiger partial charge on any atom is -0.365 e. The van der Waals surface area contributed by atoms with E-state index in [1.165, 1.54) is 17.3 Å². The Morgan fingerprint density at radius 1 is 0.897 bits per heavy atom. The van der Waals surface area contributed by atoms with Gasteiger partial charge in [0.05, 0.1) is 11.3 Å². The third-order valence-corrected chi connectivity index (χ3v) is 5.48. The summed E-state index contributed by atoms with van der Waals surface area (Å²) < 4.78 is 0. The highest BCUT2D eigenvalue weighted by atomic mass is 35.5. The number of hydrogen-bond donors (Lipinski definition) is 1. The number of anilines is 1. The molecule has 0 aliphatic carbocycles. The van der Waals surface area contributed by atoms with Crippen LogP contribution in [0.1, 0.15) is 15.9 Å². The molecule has 0 aliphatic rings. The zero-order chi connectivity index (χ0) is 20.1. The molecule has 4 aromatic rings. The smallest absolute Gasteiger partial charge is 0.190 e. The second-order valence-corrected chi connectivity index (χ2v) is 7.81. The summed E-state index contributed by atoms with van der Waals surface area (Å²) in [4.78, 5) is 21.7. The molecule has 0 bridgehead atoms. The van der Waals surface area contributed by atoms with Gasteiger partial charge in [-0.1, -0.05) is 65.8 Å². The van der Waals surface area contributed by atoms with E-state index in [2.05, 4.69) is 27.4 Å². The van der Waals surface area contributed by atoms with Crippen LogP contribution in [0.4, 0.5) is 5.82 Å². The van der Waals surface area contributed by atoms with Crippen LogP contribution in [0.5, 0.6) is 0 Å². The first kappa shape index (κ1) is 19.4. The molecular formula is C23H18ClN3OS. The maximum absolute atomic E-state index is 12.5. The molecule has 144 valence electrons. The zero-order valence-electron chi connectivity index (χ0n) is 15.5. The van der Waals surface area contributed by atoms with Crippen LogP contribution in [0.15, 0.2) is 84.0 Å². The summed E-state index contributed by atoms with van der Waals surface area (Å²) in [6.07, 6.45) is 0. The van der Waals surface area contributed by atoms with E-state index >= 15 is 0 Å². The van der Waals surface area contributed by atoms with Gasteiger partial charge in [0.1, 0.15) is 5.82 Å². The Balaban J connectivity index is 1.53. The summed E-state index contributed by atoms with van der Waals surface area (Å²) in [5.41, 5.74) is 2.65. The van der Waals surface area contributed by atoms with Crippen LogP contribution in [0.25, 0.3) is 10.9 Å². The normalized spacial score (nSPS) is 10.8. The van der Waals surface area contributed by atoms with Crippen molar-refractivity contribution in [3.8, 4) is 0 Å². The van der Waals surface area contributed by atoms with E-state index in [-0.39, 0.29) is 11.5 Å². The molecule has 29 heavy (non-hydrogen) atoms. The minimum absolute atomic E-state index is 0.0159. The van der Waals surface area contributed by atoms with E-state index in [0.29, 0.717) is 22.3 Å². The van der Waals surface area contributed by atoms with Crippen molar-refractivity contribution in [1.82, 2.24) is 9.97 Å². The van der Waals surface area contributed by atoms with Crippen LogP contribution in [0.3, 0.4) is 0 Å². The number of thioether (sulfide) groups is 1. The van der Waals surface area contributed by atoms with Crippen LogP contribution in [0.2, 0.25) is 5.02 Å². The molecule has 1 heterocycles. The Morgan fingerprint density at radius 3 is 2.41 bits per heavy atom. The second kappa shape index (κ2) is 9.07. The van der Waals surface area contributed by atoms with Gasteiger partial charge in [-0.3, -0.25) is 4.79 Å². The molecule has 3 aromatic carbocycles. The molecule has 0 saturated carbocycles. The Morgan fingerprint density at radius 2 is 1.62 bits per heavy atom. The number of fused-ring (bicyclic) bond motifs is 1. The molecule has 0 atom stereocenters. The average Bonchev–Trinajstić information content (AvgIpc) is 2.77. The van der Waals surface area contributed by atoms with Gasteiger partial charge in [-0.05, 0) is 42.0 Å². The van der Waals surface area contributed by atoms with E-state index in [1.807, 2.05) is 42.5 Å². The predicted molar refractivity (Wildman–Crippen MR) is 120 cm³/mol. The van der Waals surface area contributed by atoms with Crippen molar-refractivity contribution in [3.63, 3.8) is 0 Å². The van der Waals surface area contributed by atoms with Crippen molar-refractivity contribution in [1.29, 1.82) is 0 Å². The second-order valence-electron chi connectivity index (χ2n) is 6.43. The van der Waals surface area contributed by atoms with E-state index in [9.17, 15) is 4.79 Å². The lowest BCUT2D eigenvalue weighted by atomic mass is 10.1. The fraction of sp³-hybridized carbons (Fsp3) is 0.0870. The van der Waals surface area contributed by atoms with Crippen LogP contribution in [0, 0.1) is 0 Å². The van der Waals surface area contributed by atoms with Crippen molar-refractivity contribution in [2.24, 2.45) is 0 Å². The van der Waals surface area contributed by atoms with Gasteiger partial charge in [-0.25, -0.2) is 9.97 Å². The number of ketones is 1. The molecule has 1 aromatic heterocycles. The molecule has 4 nitrogen and oxygen atoms in total. The van der Waals surface area contributed by atoms with Gasteiger partial charge in [0, 0.05) is 22.5 Å². The molecular weight excluding hydrogens is 402 g/mol. The Labute approximate surface area is 178 Å². The first-order chi connectivity index (χ1) is 14.2. The van der Waals surface area contributed by atoms with E-state index < -0.39 is 0 Å². The average molecular weight is 420 g/mol. The molecule has 0 aliphatic heterocycles. The zero-order valence-corrected chi connectivity index (χ0v) is 17.1. The number of aromatic nitrogens is 2. The molecule has 0 unspecified atom stereocenters. The summed E-state index contributed by atoms with van der Waals surface area (Å²) in [5, 5.41) is 5.54. The van der Waals surface area contributed by atoms with Gasteiger partial charge in [-0.15, -0.1) is 0 Å². The van der Waals surface area contributed by atoms with Gasteiger partial charge in [0.15, 0.2) is 10.9 Å². The summed E-state index contributed by atoms with van der Waals surface area (Å²) in [6.45, 7) is 0.662. The Hall–Kier alpha value is -2.89. The summed E-state index contributed by atoms with van der Waals surface area (Å²) >= 11 is 7.23. The maximum atomic E-state index is 12.5. The lowest BCUT2D eigenvalue weighted by Crippen LogP contribution is -2.06. The monoisotopic (exact) mass is 419 g/mol. The van der Waals surface area contributed by atoms with Gasteiger partial charge >= 0.3 is 0 Å². The molecule has 4 rings (SSSR count). The van der Waals surface area contributed by atoms with Crippen LogP contribution >= 0.6 is 23.4 Å². The molecule has 0 spiro atoms. The van der Waals surface area contributed by atoms with Crippen molar-refractivity contribution in [2.75, 3.05) is 11.1 Å². The molecule has 0 amide bonds. The van der Waals surface area contributed by atoms with E-state index in [1.54, 1.807) is 24.3 Å². The first-order valence-corrected chi connectivity index (χ1v) is 10.5. The molecule has 0 saturated heterocycles. The Bertz CT molecular complexity index is 1130. The lowest BCUT2D eigenvalue weighted by Gasteiger charge is -2.11. The number of carbonyl (C=O) groups excluding carboxylic acids is 1. The minimum atomic E-state index is 0.0159. The van der Waals surface area contributed by atoms with Gasteiger partial charge in [0.25, 0.3) is 0 Å². The number of para-hydroxylation sites is 1. The van der Waals surface area contributed by atoms with E-state index in [0.717, 1.165) is 16.7 Å². The molecule has 0 fully saturated rings. The third-order valence-electron chi connectivity index (χ3n) is 4.38. The number of rotatable bonds is 7. The molecule has 0 radical (unpaired) electrons. The highest BCUT2D eigenvalue weighted by Gasteiger charge is 2.11. The Kier molecular flexibility index (Phi) is 6.08. The van der Waals surface area contributed by atoms with Crippen molar-refractivity contribution < 1.29 is 4.79 Å². The number of halogens is 1. The van der Waals surface area contributed by atoms with Gasteiger partial charge in [-0.2, -0.15) is 0 Å². The molecule has 1 N–H and O–H groups in total. The number of nitrogens with zero attached hydrogens (tertiary/aromatic N) is 2. The van der Waals surface area contributed by atoms with E-state index in [4.69, 9.17) is 11.6 Å². The highest BCUT2D eigenvalue weighted by Crippen LogP contribution is 2.25. The fourth-order valence-corrected chi connectivity index (χ4v) is 3.76. The number of nitrogens with one attached hydrogen (secondary N) is 1.